The normalized spacial score (nSPS) is 42.6. The molecular formula is C36H54N4O6. The minimum Gasteiger partial charge on any atom is -0.388 e. The largest absolute Gasteiger partial charge is 0.388 e. The van der Waals surface area contributed by atoms with Crippen molar-refractivity contribution in [3.8, 4) is 0 Å². The number of fused-ring (bicyclic) bond motifs is 5. The van der Waals surface area contributed by atoms with Crippen molar-refractivity contribution in [3.63, 3.8) is 0 Å². The maximum Gasteiger partial charge on any atom is 0.301 e. The second-order valence-electron chi connectivity index (χ2n) is 17.5. The standard InChI is InChI=1S/C36H54N4O6/c1-31(2)27-14-19-35(7)28(12-10-23-24(13-18-34(23,35)6)36(8)20-16-30(46-36)32(3,4)41)33(27,5)17-15-29(31)38-37-25-11-9-22(39(42)43)21-26(25)40(44)45/h9,11,21,23-24,27-28,30,37,41H,10,12-20H2,1-8H3. The predicted molar refractivity (Wildman–Crippen MR) is 179 cm³/mol. The van der Waals surface area contributed by atoms with Crippen molar-refractivity contribution in [2.75, 3.05) is 5.43 Å². The van der Waals surface area contributed by atoms with E-state index in [0.717, 1.165) is 43.9 Å². The number of benzene rings is 1. The fourth-order valence-corrected chi connectivity index (χ4v) is 12.1. The number of hydrogen-bond donors (Lipinski definition) is 2. The molecule has 1 saturated heterocycles. The number of rotatable bonds is 6. The summed E-state index contributed by atoms with van der Waals surface area (Å²) in [5.41, 5.74) is 2.87. The topological polar surface area (TPSA) is 140 Å². The third-order valence-corrected chi connectivity index (χ3v) is 14.8. The molecule has 5 aliphatic rings. The van der Waals surface area contributed by atoms with Crippen LogP contribution in [0.25, 0.3) is 0 Å². The van der Waals surface area contributed by atoms with Gasteiger partial charge in [-0.25, -0.2) is 0 Å². The van der Waals surface area contributed by atoms with E-state index in [9.17, 15) is 25.3 Å². The number of nitrogens with one attached hydrogen (secondary N) is 1. The lowest BCUT2D eigenvalue weighted by Gasteiger charge is -2.69. The Morgan fingerprint density at radius 1 is 0.870 bits per heavy atom. The van der Waals surface area contributed by atoms with Crippen molar-refractivity contribution in [3.05, 3.63) is 38.4 Å². The first kappa shape index (κ1) is 33.3. The van der Waals surface area contributed by atoms with E-state index in [1.165, 1.54) is 44.2 Å². The van der Waals surface area contributed by atoms with Gasteiger partial charge in [0.2, 0.25) is 0 Å². The Bertz CT molecular complexity index is 1450. The quantitative estimate of drug-likeness (QED) is 0.235. The summed E-state index contributed by atoms with van der Waals surface area (Å²) in [4.78, 5) is 21.7. The van der Waals surface area contributed by atoms with Gasteiger partial charge in [0.1, 0.15) is 5.69 Å². The van der Waals surface area contributed by atoms with Crippen LogP contribution in [-0.2, 0) is 4.74 Å². The van der Waals surface area contributed by atoms with Gasteiger partial charge in [-0.3, -0.25) is 25.7 Å². The van der Waals surface area contributed by atoms with Crippen LogP contribution in [0.1, 0.15) is 120 Å². The number of nitro benzene ring substituents is 2. The van der Waals surface area contributed by atoms with Crippen LogP contribution >= 0.6 is 0 Å². The van der Waals surface area contributed by atoms with Crippen LogP contribution < -0.4 is 5.43 Å². The molecule has 6 rings (SSSR count). The highest BCUT2D eigenvalue weighted by molar-refractivity contribution is 5.91. The highest BCUT2D eigenvalue weighted by Crippen LogP contribution is 2.76. The number of nitrogens with zero attached hydrogens (tertiary/aromatic N) is 3. The van der Waals surface area contributed by atoms with E-state index in [4.69, 9.17) is 9.84 Å². The van der Waals surface area contributed by atoms with Crippen LogP contribution in [0.15, 0.2) is 23.3 Å². The van der Waals surface area contributed by atoms with Crippen molar-refractivity contribution >= 4 is 22.8 Å². The molecule has 10 nitrogen and oxygen atoms in total. The van der Waals surface area contributed by atoms with Crippen molar-refractivity contribution in [2.45, 2.75) is 137 Å². The van der Waals surface area contributed by atoms with E-state index < -0.39 is 15.4 Å². The zero-order chi connectivity index (χ0) is 33.7. The van der Waals surface area contributed by atoms with Crippen LogP contribution in [-0.4, -0.2) is 38.0 Å². The first-order chi connectivity index (χ1) is 21.3. The van der Waals surface area contributed by atoms with Crippen LogP contribution in [0.4, 0.5) is 17.1 Å². The molecule has 2 N–H and O–H groups in total. The summed E-state index contributed by atoms with van der Waals surface area (Å²) in [7, 11) is 0. The van der Waals surface area contributed by atoms with E-state index in [1.807, 2.05) is 13.8 Å². The predicted octanol–water partition coefficient (Wildman–Crippen LogP) is 8.66. The lowest BCUT2D eigenvalue weighted by molar-refractivity contribution is -0.393. The minimum atomic E-state index is -0.821. The van der Waals surface area contributed by atoms with Gasteiger partial charge in [-0.2, -0.15) is 5.10 Å². The second kappa shape index (κ2) is 10.7. The number of hydrazone groups is 1. The molecule has 10 heteroatoms. The molecule has 0 aromatic heterocycles. The van der Waals surface area contributed by atoms with E-state index in [2.05, 4.69) is 47.0 Å². The van der Waals surface area contributed by atoms with Gasteiger partial charge in [0, 0.05) is 17.2 Å². The van der Waals surface area contributed by atoms with Gasteiger partial charge < -0.3 is 9.84 Å². The summed E-state index contributed by atoms with van der Waals surface area (Å²) in [6, 6.07) is 3.64. The molecule has 9 unspecified atom stereocenters. The van der Waals surface area contributed by atoms with Crippen LogP contribution in [0.3, 0.4) is 0 Å². The highest BCUT2D eigenvalue weighted by atomic mass is 16.6. The highest BCUT2D eigenvalue weighted by Gasteiger charge is 2.69. The van der Waals surface area contributed by atoms with Crippen LogP contribution in [0.5, 0.6) is 0 Å². The summed E-state index contributed by atoms with van der Waals surface area (Å²) in [5, 5.41) is 38.4. The van der Waals surface area contributed by atoms with Gasteiger partial charge in [0.25, 0.3) is 5.69 Å². The van der Waals surface area contributed by atoms with Gasteiger partial charge in [-0.15, -0.1) is 0 Å². The third-order valence-electron chi connectivity index (χ3n) is 14.8. The maximum absolute atomic E-state index is 11.7. The molecule has 0 radical (unpaired) electrons. The zero-order valence-electron chi connectivity index (χ0n) is 29.0. The Labute approximate surface area is 273 Å². The average molecular weight is 639 g/mol. The van der Waals surface area contributed by atoms with Crippen molar-refractivity contribution in [1.29, 1.82) is 0 Å². The molecule has 5 fully saturated rings. The molecule has 1 aliphatic heterocycles. The van der Waals surface area contributed by atoms with Crippen molar-refractivity contribution < 1.29 is 19.7 Å². The summed E-state index contributed by atoms with van der Waals surface area (Å²) in [5.74, 6) is 2.17. The summed E-state index contributed by atoms with van der Waals surface area (Å²) in [6.45, 7) is 18.4. The van der Waals surface area contributed by atoms with Gasteiger partial charge in [-0.1, -0.05) is 34.6 Å². The number of nitro groups is 2. The van der Waals surface area contributed by atoms with Crippen molar-refractivity contribution in [2.24, 2.45) is 50.4 Å². The molecule has 254 valence electrons. The molecule has 0 spiro atoms. The molecule has 46 heavy (non-hydrogen) atoms. The average Bonchev–Trinajstić information content (AvgIpc) is 3.54. The molecule has 1 aromatic rings. The van der Waals surface area contributed by atoms with Gasteiger partial charge in [-0.05, 0) is 131 Å². The Morgan fingerprint density at radius 2 is 1.57 bits per heavy atom. The zero-order valence-corrected chi connectivity index (χ0v) is 29.0. The Balaban J connectivity index is 1.24. The molecule has 1 heterocycles. The third kappa shape index (κ3) is 4.82. The molecule has 0 bridgehead atoms. The number of aliphatic hydroxyl groups is 1. The summed E-state index contributed by atoms with van der Waals surface area (Å²) >= 11 is 0. The lowest BCUT2D eigenvalue weighted by Crippen LogP contribution is -2.63. The monoisotopic (exact) mass is 638 g/mol. The lowest BCUT2D eigenvalue weighted by atomic mass is 9.35. The van der Waals surface area contributed by atoms with E-state index >= 15 is 0 Å². The summed E-state index contributed by atoms with van der Waals surface area (Å²) in [6.07, 6.45) is 10.9. The maximum atomic E-state index is 11.7. The molecule has 4 saturated carbocycles. The smallest absolute Gasteiger partial charge is 0.301 e. The first-order valence-electron chi connectivity index (χ1n) is 17.4. The second-order valence-corrected chi connectivity index (χ2v) is 17.5. The van der Waals surface area contributed by atoms with Gasteiger partial charge in [0.15, 0.2) is 0 Å². The Morgan fingerprint density at radius 3 is 2.20 bits per heavy atom. The van der Waals surface area contributed by atoms with Gasteiger partial charge in [0.05, 0.1) is 33.2 Å². The van der Waals surface area contributed by atoms with Crippen LogP contribution in [0.2, 0.25) is 0 Å². The van der Waals surface area contributed by atoms with Gasteiger partial charge >= 0.3 is 5.69 Å². The molecule has 1 aromatic carbocycles. The number of anilines is 1. The van der Waals surface area contributed by atoms with E-state index in [1.54, 1.807) is 0 Å². The number of ether oxygens (including phenoxy) is 1. The van der Waals surface area contributed by atoms with E-state index in [-0.39, 0.29) is 50.4 Å². The fourth-order valence-electron chi connectivity index (χ4n) is 12.1. The summed E-state index contributed by atoms with van der Waals surface area (Å²) < 4.78 is 6.76. The molecule has 4 aliphatic carbocycles. The first-order valence-corrected chi connectivity index (χ1v) is 17.4. The Kier molecular flexibility index (Phi) is 7.76. The SMILES string of the molecule is CC(C)(O)C1CCC(C)(C2CCC3(C)C2CCC2C4(C)CCC(=NNc5ccc([N+](=O)[O-])cc5[N+](=O)[O-])C(C)(C)C4CCC23C)O1. The number of non-ortho nitro benzene ring substituents is 1. The molecule has 9 atom stereocenters. The molecule has 0 amide bonds. The van der Waals surface area contributed by atoms with Crippen LogP contribution in [0, 0.1) is 65.6 Å². The number of hydrogen-bond acceptors (Lipinski definition) is 8. The minimum absolute atomic E-state index is 0.105. The fraction of sp³-hybridized carbons (Fsp3) is 0.806. The van der Waals surface area contributed by atoms with Crippen molar-refractivity contribution in [1.82, 2.24) is 0 Å². The molecular weight excluding hydrogens is 584 g/mol. The van der Waals surface area contributed by atoms with E-state index in [0.29, 0.717) is 23.7 Å². The Hall–Kier alpha value is -2.59.